The summed E-state index contributed by atoms with van der Waals surface area (Å²) in [7, 11) is 1.64. The normalized spacial score (nSPS) is 10.4. The number of hydrogen-bond acceptors (Lipinski definition) is 4. The van der Waals surface area contributed by atoms with E-state index < -0.39 is 0 Å². The number of aromatic nitrogens is 1. The van der Waals surface area contributed by atoms with Crippen molar-refractivity contribution in [3.05, 3.63) is 15.6 Å². The monoisotopic (exact) mass is 230 g/mol. The molecule has 0 bridgehead atoms. The van der Waals surface area contributed by atoms with E-state index in [2.05, 4.69) is 11.9 Å². The van der Waals surface area contributed by atoms with Gasteiger partial charge in [0.25, 0.3) is 0 Å². The maximum Gasteiger partial charge on any atom is 0.116 e. The highest BCUT2D eigenvalue weighted by atomic mass is 32.1. The van der Waals surface area contributed by atoms with Crippen LogP contribution in [0.15, 0.2) is 0 Å². The highest BCUT2D eigenvalue weighted by Crippen LogP contribution is 2.20. The second-order valence-electron chi connectivity index (χ2n) is 2.93. The van der Waals surface area contributed by atoms with Gasteiger partial charge in [0.1, 0.15) is 4.99 Å². The van der Waals surface area contributed by atoms with Crippen LogP contribution in [0.4, 0.5) is 0 Å². The minimum absolute atomic E-state index is 0.414. The molecule has 0 aliphatic rings. The van der Waals surface area contributed by atoms with E-state index in [0.717, 1.165) is 28.4 Å². The first-order chi connectivity index (χ1) is 6.69. The molecular formula is C9H14N2OS2. The summed E-state index contributed by atoms with van der Waals surface area (Å²) in [5.41, 5.74) is 6.47. The van der Waals surface area contributed by atoms with Crippen molar-refractivity contribution in [2.24, 2.45) is 5.73 Å². The summed E-state index contributed by atoms with van der Waals surface area (Å²) in [5, 5.41) is 1.09. The van der Waals surface area contributed by atoms with E-state index in [0.29, 0.717) is 11.6 Å². The molecule has 0 aliphatic heterocycles. The molecule has 78 valence electrons. The van der Waals surface area contributed by atoms with Gasteiger partial charge in [-0.2, -0.15) is 0 Å². The zero-order valence-electron chi connectivity index (χ0n) is 8.37. The molecule has 5 heteroatoms. The zero-order chi connectivity index (χ0) is 10.6. The summed E-state index contributed by atoms with van der Waals surface area (Å²) in [6, 6.07) is 0. The van der Waals surface area contributed by atoms with Crippen molar-refractivity contribution < 1.29 is 4.74 Å². The number of hydrogen-bond donors (Lipinski definition) is 1. The largest absolute Gasteiger partial charge is 0.389 e. The molecule has 0 saturated heterocycles. The second-order valence-corrected chi connectivity index (χ2v) is 4.45. The number of aryl methyl sites for hydroxylation is 1. The van der Waals surface area contributed by atoms with E-state index in [9.17, 15) is 0 Å². The van der Waals surface area contributed by atoms with Crippen molar-refractivity contribution in [2.75, 3.05) is 7.11 Å². The van der Waals surface area contributed by atoms with Gasteiger partial charge in [0.2, 0.25) is 0 Å². The van der Waals surface area contributed by atoms with Crippen molar-refractivity contribution >= 4 is 28.5 Å². The third-order valence-corrected chi connectivity index (χ3v) is 3.23. The van der Waals surface area contributed by atoms with Crippen molar-refractivity contribution in [3.63, 3.8) is 0 Å². The van der Waals surface area contributed by atoms with Gasteiger partial charge >= 0.3 is 0 Å². The Morgan fingerprint density at radius 2 is 2.36 bits per heavy atom. The molecule has 0 atom stereocenters. The fraction of sp³-hybridized carbons (Fsp3) is 0.556. The lowest BCUT2D eigenvalue weighted by Gasteiger charge is -1.97. The van der Waals surface area contributed by atoms with E-state index in [1.165, 1.54) is 0 Å². The average Bonchev–Trinajstić information content (AvgIpc) is 2.49. The Morgan fingerprint density at radius 1 is 1.64 bits per heavy atom. The molecule has 1 heterocycles. The maximum absolute atomic E-state index is 5.60. The minimum Gasteiger partial charge on any atom is -0.389 e. The van der Waals surface area contributed by atoms with Crippen molar-refractivity contribution in [1.29, 1.82) is 0 Å². The molecule has 0 aliphatic carbocycles. The topological polar surface area (TPSA) is 48.1 Å². The van der Waals surface area contributed by atoms with Crippen LogP contribution < -0.4 is 5.73 Å². The van der Waals surface area contributed by atoms with Crippen molar-refractivity contribution in [1.82, 2.24) is 4.98 Å². The number of ether oxygens (including phenoxy) is 1. The SMILES string of the molecule is CCCc1nc(COC)c(C(N)=S)s1. The summed E-state index contributed by atoms with van der Waals surface area (Å²) in [4.78, 5) is 5.74. The van der Waals surface area contributed by atoms with Gasteiger partial charge in [0.15, 0.2) is 0 Å². The average molecular weight is 230 g/mol. The molecule has 0 saturated carbocycles. The van der Waals surface area contributed by atoms with Gasteiger partial charge in [-0.15, -0.1) is 11.3 Å². The predicted octanol–water partition coefficient (Wildman–Crippen LogP) is 1.88. The quantitative estimate of drug-likeness (QED) is 0.785. The standard InChI is InChI=1S/C9H14N2OS2/c1-3-4-7-11-6(5-12-2)8(14-7)9(10)13/h3-5H2,1-2H3,(H2,10,13). The highest BCUT2D eigenvalue weighted by Gasteiger charge is 2.12. The molecular weight excluding hydrogens is 216 g/mol. The summed E-state index contributed by atoms with van der Waals surface area (Å²) in [6.07, 6.45) is 2.06. The summed E-state index contributed by atoms with van der Waals surface area (Å²) in [5.74, 6) is 0. The molecule has 1 aromatic rings. The number of nitrogens with zero attached hydrogens (tertiary/aromatic N) is 1. The third-order valence-electron chi connectivity index (χ3n) is 1.71. The minimum atomic E-state index is 0.414. The van der Waals surface area contributed by atoms with Gasteiger partial charge < -0.3 is 10.5 Å². The van der Waals surface area contributed by atoms with Crippen LogP contribution in [0.1, 0.15) is 28.9 Å². The lowest BCUT2D eigenvalue weighted by atomic mass is 10.3. The Morgan fingerprint density at radius 3 is 2.86 bits per heavy atom. The van der Waals surface area contributed by atoms with Crippen LogP contribution in [0, 0.1) is 0 Å². The Balaban J connectivity index is 2.93. The van der Waals surface area contributed by atoms with Crippen LogP contribution in [-0.2, 0) is 17.8 Å². The number of rotatable bonds is 5. The maximum atomic E-state index is 5.60. The molecule has 0 radical (unpaired) electrons. The Kier molecular flexibility index (Phi) is 4.44. The fourth-order valence-electron chi connectivity index (χ4n) is 1.15. The van der Waals surface area contributed by atoms with Crippen LogP contribution in [0.3, 0.4) is 0 Å². The Bertz CT molecular complexity index is 323. The number of thiocarbonyl (C=S) groups is 1. The number of methoxy groups -OCH3 is 1. The second kappa shape index (κ2) is 5.38. The lowest BCUT2D eigenvalue weighted by Crippen LogP contribution is -2.10. The first kappa shape index (κ1) is 11.6. The van der Waals surface area contributed by atoms with Gasteiger partial charge in [-0.05, 0) is 12.8 Å². The molecule has 3 nitrogen and oxygen atoms in total. The number of thiazole rings is 1. The van der Waals surface area contributed by atoms with E-state index in [1.54, 1.807) is 18.4 Å². The zero-order valence-corrected chi connectivity index (χ0v) is 10.0. The first-order valence-electron chi connectivity index (χ1n) is 4.46. The highest BCUT2D eigenvalue weighted by molar-refractivity contribution is 7.81. The first-order valence-corrected chi connectivity index (χ1v) is 5.68. The Hall–Kier alpha value is -0.520. The van der Waals surface area contributed by atoms with Gasteiger partial charge in [0.05, 0.1) is 22.2 Å². The van der Waals surface area contributed by atoms with Crippen LogP contribution in [0.5, 0.6) is 0 Å². The number of nitrogens with two attached hydrogens (primary N) is 1. The van der Waals surface area contributed by atoms with Crippen LogP contribution >= 0.6 is 23.6 Å². The van der Waals surface area contributed by atoms with Crippen molar-refractivity contribution in [3.8, 4) is 0 Å². The van der Waals surface area contributed by atoms with Crippen LogP contribution in [-0.4, -0.2) is 17.1 Å². The van der Waals surface area contributed by atoms with Gasteiger partial charge in [0, 0.05) is 7.11 Å². The molecule has 1 rings (SSSR count). The molecule has 0 spiro atoms. The van der Waals surface area contributed by atoms with Crippen molar-refractivity contribution in [2.45, 2.75) is 26.4 Å². The summed E-state index contributed by atoms with van der Waals surface area (Å²) >= 11 is 6.53. The molecule has 0 unspecified atom stereocenters. The van der Waals surface area contributed by atoms with Gasteiger partial charge in [-0.3, -0.25) is 0 Å². The van der Waals surface area contributed by atoms with E-state index in [-0.39, 0.29) is 0 Å². The predicted molar refractivity (Wildman–Crippen MR) is 62.7 cm³/mol. The Labute approximate surface area is 93.3 Å². The lowest BCUT2D eigenvalue weighted by molar-refractivity contribution is 0.182. The molecule has 2 N–H and O–H groups in total. The third kappa shape index (κ3) is 2.73. The van der Waals surface area contributed by atoms with Gasteiger partial charge in [-0.25, -0.2) is 4.98 Å². The molecule has 0 aromatic carbocycles. The van der Waals surface area contributed by atoms with Crippen LogP contribution in [0.2, 0.25) is 0 Å². The fourth-order valence-corrected chi connectivity index (χ4v) is 2.41. The molecule has 0 amide bonds. The van der Waals surface area contributed by atoms with E-state index >= 15 is 0 Å². The summed E-state index contributed by atoms with van der Waals surface area (Å²) in [6.45, 7) is 2.60. The van der Waals surface area contributed by atoms with E-state index in [4.69, 9.17) is 22.7 Å². The summed E-state index contributed by atoms with van der Waals surface area (Å²) < 4.78 is 5.04. The van der Waals surface area contributed by atoms with E-state index in [1.807, 2.05) is 0 Å². The molecule has 1 aromatic heterocycles. The molecule has 0 fully saturated rings. The van der Waals surface area contributed by atoms with Gasteiger partial charge in [-0.1, -0.05) is 19.1 Å². The molecule has 14 heavy (non-hydrogen) atoms. The van der Waals surface area contributed by atoms with Crippen LogP contribution in [0.25, 0.3) is 0 Å². The smallest absolute Gasteiger partial charge is 0.116 e.